The second-order valence-electron chi connectivity index (χ2n) is 4.32. The third-order valence-corrected chi connectivity index (χ3v) is 4.32. The third kappa shape index (κ3) is 2.76. The first-order chi connectivity index (χ1) is 8.47. The van der Waals surface area contributed by atoms with Crippen LogP contribution in [0.2, 0.25) is 0 Å². The normalized spacial score (nSPS) is 11.1. The van der Waals surface area contributed by atoms with E-state index in [-0.39, 0.29) is 5.92 Å². The lowest BCUT2D eigenvalue weighted by Crippen LogP contribution is -2.00. The zero-order valence-electron chi connectivity index (χ0n) is 10.4. The average molecular weight is 282 g/mol. The van der Waals surface area contributed by atoms with Gasteiger partial charge in [-0.25, -0.2) is 14.8 Å². The van der Waals surface area contributed by atoms with E-state index in [2.05, 4.69) is 9.97 Å². The van der Waals surface area contributed by atoms with Gasteiger partial charge in [0.1, 0.15) is 4.88 Å². The Morgan fingerprint density at radius 1 is 1.44 bits per heavy atom. The monoisotopic (exact) mass is 282 g/mol. The molecule has 2 aromatic rings. The molecule has 2 rings (SSSR count). The van der Waals surface area contributed by atoms with Crippen LogP contribution in [0.4, 0.5) is 0 Å². The fourth-order valence-electron chi connectivity index (χ4n) is 1.64. The van der Waals surface area contributed by atoms with Crippen molar-refractivity contribution < 1.29 is 9.90 Å². The van der Waals surface area contributed by atoms with Gasteiger partial charge in [-0.3, -0.25) is 0 Å². The van der Waals surface area contributed by atoms with Crippen LogP contribution in [0.3, 0.4) is 0 Å². The van der Waals surface area contributed by atoms with E-state index in [9.17, 15) is 4.79 Å². The molecule has 0 aliphatic carbocycles. The molecule has 96 valence electrons. The number of nitrogens with zero attached hydrogens (tertiary/aromatic N) is 2. The Balaban J connectivity index is 2.29. The molecule has 0 atom stereocenters. The Morgan fingerprint density at radius 3 is 2.61 bits per heavy atom. The Kier molecular flexibility index (Phi) is 3.77. The van der Waals surface area contributed by atoms with Crippen LogP contribution in [-0.2, 0) is 6.42 Å². The van der Waals surface area contributed by atoms with E-state index in [1.54, 1.807) is 11.3 Å². The van der Waals surface area contributed by atoms with Crippen molar-refractivity contribution in [3.8, 4) is 0 Å². The number of aromatic nitrogens is 2. The van der Waals surface area contributed by atoms with Crippen molar-refractivity contribution >= 4 is 28.6 Å². The summed E-state index contributed by atoms with van der Waals surface area (Å²) in [5, 5.41) is 13.0. The molecule has 0 spiro atoms. The highest BCUT2D eigenvalue weighted by Gasteiger charge is 2.19. The number of carboxylic acid groups (broad SMARTS) is 1. The van der Waals surface area contributed by atoms with E-state index < -0.39 is 5.97 Å². The maximum atomic E-state index is 11.2. The van der Waals surface area contributed by atoms with Gasteiger partial charge < -0.3 is 5.11 Å². The van der Waals surface area contributed by atoms with Crippen molar-refractivity contribution in [2.45, 2.75) is 33.1 Å². The van der Waals surface area contributed by atoms with Gasteiger partial charge in [0.05, 0.1) is 21.4 Å². The Labute approximate surface area is 113 Å². The van der Waals surface area contributed by atoms with Gasteiger partial charge in [-0.05, 0) is 12.8 Å². The summed E-state index contributed by atoms with van der Waals surface area (Å²) in [5.74, 6) is -0.768. The van der Waals surface area contributed by atoms with Gasteiger partial charge >= 0.3 is 5.97 Å². The van der Waals surface area contributed by atoms with Gasteiger partial charge in [0, 0.05) is 11.8 Å². The highest BCUT2D eigenvalue weighted by Crippen LogP contribution is 2.26. The van der Waals surface area contributed by atoms with Crippen LogP contribution in [0, 0.1) is 6.92 Å². The maximum absolute atomic E-state index is 11.2. The van der Waals surface area contributed by atoms with Gasteiger partial charge in [-0.1, -0.05) is 13.8 Å². The van der Waals surface area contributed by atoms with Crippen LogP contribution < -0.4 is 0 Å². The number of carboxylic acids is 1. The van der Waals surface area contributed by atoms with Crippen LogP contribution in [0.15, 0.2) is 5.38 Å². The number of hydrogen-bond acceptors (Lipinski definition) is 5. The highest BCUT2D eigenvalue weighted by atomic mass is 32.1. The number of aromatic carboxylic acids is 1. The summed E-state index contributed by atoms with van der Waals surface area (Å²) in [6.45, 7) is 5.87. The van der Waals surface area contributed by atoms with Crippen molar-refractivity contribution in [3.63, 3.8) is 0 Å². The summed E-state index contributed by atoms with van der Waals surface area (Å²) >= 11 is 2.85. The molecule has 18 heavy (non-hydrogen) atoms. The van der Waals surface area contributed by atoms with Gasteiger partial charge in [0.15, 0.2) is 0 Å². The molecule has 2 heterocycles. The maximum Gasteiger partial charge on any atom is 0.347 e. The molecule has 0 radical (unpaired) electrons. The molecule has 1 N–H and O–H groups in total. The first-order valence-electron chi connectivity index (χ1n) is 5.61. The number of rotatable bonds is 4. The molecule has 0 fully saturated rings. The topological polar surface area (TPSA) is 63.1 Å². The van der Waals surface area contributed by atoms with Gasteiger partial charge in [-0.2, -0.15) is 0 Å². The molecule has 0 aliphatic rings. The Bertz CT molecular complexity index is 572. The van der Waals surface area contributed by atoms with E-state index in [0.29, 0.717) is 17.0 Å². The minimum atomic E-state index is -0.892. The van der Waals surface area contributed by atoms with E-state index in [4.69, 9.17) is 5.11 Å². The quantitative estimate of drug-likeness (QED) is 0.934. The van der Waals surface area contributed by atoms with Crippen LogP contribution in [0.1, 0.15) is 50.8 Å². The molecule has 4 nitrogen and oxygen atoms in total. The first kappa shape index (κ1) is 13.2. The molecule has 0 saturated heterocycles. The van der Waals surface area contributed by atoms with Gasteiger partial charge in [0.2, 0.25) is 0 Å². The van der Waals surface area contributed by atoms with Crippen LogP contribution in [0.25, 0.3) is 0 Å². The lowest BCUT2D eigenvalue weighted by molar-refractivity contribution is 0.0700. The molecule has 0 saturated carbocycles. The Morgan fingerprint density at radius 2 is 2.17 bits per heavy atom. The molecule has 0 bridgehead atoms. The molecule has 0 unspecified atom stereocenters. The molecule has 0 aromatic carbocycles. The molecule has 0 amide bonds. The van der Waals surface area contributed by atoms with E-state index in [1.807, 2.05) is 26.2 Å². The molecular formula is C12H14N2O2S2. The standard InChI is InChI=1S/C12H14N2O2S2/c1-6(2)10-11(12(15)16)18-9(14-10)4-8-5-17-7(3)13-8/h5-6H,4H2,1-3H3,(H,15,16). The smallest absolute Gasteiger partial charge is 0.347 e. The van der Waals surface area contributed by atoms with Crippen LogP contribution in [0.5, 0.6) is 0 Å². The van der Waals surface area contributed by atoms with E-state index in [0.717, 1.165) is 15.7 Å². The summed E-state index contributed by atoms with van der Waals surface area (Å²) in [4.78, 5) is 20.3. The number of thiazole rings is 2. The molecule has 0 aliphatic heterocycles. The summed E-state index contributed by atoms with van der Waals surface area (Å²) < 4.78 is 0. The summed E-state index contributed by atoms with van der Waals surface area (Å²) in [6, 6.07) is 0. The van der Waals surface area contributed by atoms with Crippen LogP contribution in [-0.4, -0.2) is 21.0 Å². The second kappa shape index (κ2) is 5.16. The second-order valence-corrected chi connectivity index (χ2v) is 6.46. The zero-order valence-corrected chi connectivity index (χ0v) is 12.1. The highest BCUT2D eigenvalue weighted by molar-refractivity contribution is 7.13. The minimum absolute atomic E-state index is 0.123. The lowest BCUT2D eigenvalue weighted by Gasteiger charge is -2.00. The predicted molar refractivity (Wildman–Crippen MR) is 72.8 cm³/mol. The zero-order chi connectivity index (χ0) is 13.3. The van der Waals surface area contributed by atoms with E-state index in [1.165, 1.54) is 11.3 Å². The number of aryl methyl sites for hydroxylation is 1. The van der Waals surface area contributed by atoms with E-state index >= 15 is 0 Å². The minimum Gasteiger partial charge on any atom is -0.477 e. The van der Waals surface area contributed by atoms with Crippen molar-refractivity contribution in [3.05, 3.63) is 31.7 Å². The lowest BCUT2D eigenvalue weighted by atomic mass is 10.1. The van der Waals surface area contributed by atoms with Gasteiger partial charge in [0.25, 0.3) is 0 Å². The average Bonchev–Trinajstić information content (AvgIpc) is 2.85. The first-order valence-corrected chi connectivity index (χ1v) is 7.31. The Hall–Kier alpha value is -1.27. The van der Waals surface area contributed by atoms with Crippen molar-refractivity contribution in [1.82, 2.24) is 9.97 Å². The molecule has 6 heteroatoms. The SMILES string of the molecule is Cc1nc(Cc2nc(C(C)C)c(C(=O)O)s2)cs1. The van der Waals surface area contributed by atoms with Crippen molar-refractivity contribution in [2.75, 3.05) is 0 Å². The number of hydrogen-bond donors (Lipinski definition) is 1. The summed E-state index contributed by atoms with van der Waals surface area (Å²) in [7, 11) is 0. The van der Waals surface area contributed by atoms with Gasteiger partial charge in [-0.15, -0.1) is 22.7 Å². The fourth-order valence-corrected chi connectivity index (χ4v) is 3.33. The largest absolute Gasteiger partial charge is 0.477 e. The fraction of sp³-hybridized carbons (Fsp3) is 0.417. The summed E-state index contributed by atoms with van der Waals surface area (Å²) in [5.41, 5.74) is 1.63. The predicted octanol–water partition coefficient (Wildman–Crippen LogP) is 3.32. The summed E-state index contributed by atoms with van der Waals surface area (Å²) in [6.07, 6.45) is 0.613. The third-order valence-electron chi connectivity index (χ3n) is 2.44. The van der Waals surface area contributed by atoms with Crippen LogP contribution >= 0.6 is 22.7 Å². The van der Waals surface area contributed by atoms with Crippen molar-refractivity contribution in [1.29, 1.82) is 0 Å². The molecular weight excluding hydrogens is 268 g/mol. The van der Waals surface area contributed by atoms with Crippen molar-refractivity contribution in [2.24, 2.45) is 0 Å². The number of carbonyl (C=O) groups is 1. The molecule has 2 aromatic heterocycles.